The van der Waals surface area contributed by atoms with Crippen molar-refractivity contribution in [1.82, 2.24) is 21.3 Å². The maximum atomic E-state index is 13.4. The Morgan fingerprint density at radius 3 is 1.29 bits per heavy atom. The predicted molar refractivity (Wildman–Crippen MR) is 278 cm³/mol. The van der Waals surface area contributed by atoms with Crippen LogP contribution in [0.4, 0.5) is 0 Å². The summed E-state index contributed by atoms with van der Waals surface area (Å²) in [6.45, 7) is -4.60. The lowest BCUT2D eigenvalue weighted by Crippen LogP contribution is -2.73. The van der Waals surface area contributed by atoms with Crippen LogP contribution in [0, 0.1) is 0 Å². The topological polar surface area (TPSA) is 679 Å². The number of carboxylic acid groups (broad SMARTS) is 3. The van der Waals surface area contributed by atoms with E-state index in [0.29, 0.717) is 0 Å². The lowest BCUT2D eigenvalue weighted by Gasteiger charge is -2.53. The van der Waals surface area contributed by atoms with Gasteiger partial charge in [-0.1, -0.05) is 0 Å². The molecule has 534 valence electrons. The zero-order valence-electron chi connectivity index (χ0n) is 49.8. The number of aliphatic carboxylic acids is 3. The van der Waals surface area contributed by atoms with E-state index in [1.165, 1.54) is 0 Å². The maximum Gasteiger partial charge on any atom is 0.303 e. The van der Waals surface area contributed by atoms with Crippen LogP contribution in [0.3, 0.4) is 0 Å². The molecule has 5 saturated heterocycles. The fraction of sp³-hybridized carbons (Fsp3) is 0.843. The Morgan fingerprint density at radius 1 is 0.527 bits per heavy atom. The van der Waals surface area contributed by atoms with Gasteiger partial charge in [0, 0.05) is 47.0 Å². The molecule has 0 aromatic heterocycles. The van der Waals surface area contributed by atoms with E-state index in [1.54, 1.807) is 0 Å². The Balaban J connectivity index is 1.50. The summed E-state index contributed by atoms with van der Waals surface area (Å²) < 4.78 is 60.8. The van der Waals surface area contributed by atoms with Crippen LogP contribution in [0.2, 0.25) is 0 Å². The molecular weight excluding hydrogens is 1280 g/mol. The van der Waals surface area contributed by atoms with E-state index in [9.17, 15) is 135 Å². The van der Waals surface area contributed by atoms with Crippen molar-refractivity contribution in [1.29, 1.82) is 0 Å². The second kappa shape index (κ2) is 33.6. The molecule has 0 aromatic carbocycles. The Kier molecular flexibility index (Phi) is 28.3. The van der Waals surface area contributed by atoms with Crippen LogP contribution in [0.5, 0.6) is 0 Å². The van der Waals surface area contributed by atoms with E-state index in [-0.39, 0.29) is 6.41 Å². The van der Waals surface area contributed by atoms with Gasteiger partial charge >= 0.3 is 5.97 Å². The number of carbonyl (C=O) groups is 8. The van der Waals surface area contributed by atoms with E-state index in [4.69, 9.17) is 52.1 Å². The highest BCUT2D eigenvalue weighted by atomic mass is 16.8. The summed E-state index contributed by atoms with van der Waals surface area (Å²) in [4.78, 5) is 100. The van der Waals surface area contributed by atoms with Gasteiger partial charge in [-0.15, -0.1) is 0 Å². The largest absolute Gasteiger partial charge is 0.544 e. The molecule has 0 radical (unpaired) electrons. The van der Waals surface area contributed by atoms with Gasteiger partial charge in [0.05, 0.1) is 88.7 Å². The normalized spacial score (nSPS) is 38.7. The summed E-state index contributed by atoms with van der Waals surface area (Å²) in [6, 6.07) is -7.11. The minimum absolute atomic E-state index is 0.218. The van der Waals surface area contributed by atoms with Crippen molar-refractivity contribution in [3.8, 4) is 0 Å². The van der Waals surface area contributed by atoms with Crippen molar-refractivity contribution in [2.75, 3.05) is 46.2 Å². The molecule has 5 aliphatic rings. The molecular formula is C51H79N4O38-3. The van der Waals surface area contributed by atoms with Crippen LogP contribution >= 0.6 is 0 Å². The van der Waals surface area contributed by atoms with Crippen LogP contribution in [-0.2, 0) is 90.5 Å². The van der Waals surface area contributed by atoms with E-state index in [1.807, 2.05) is 0 Å². The highest BCUT2D eigenvalue weighted by Crippen LogP contribution is 2.42. The summed E-state index contributed by atoms with van der Waals surface area (Å²) in [7, 11) is 0. The van der Waals surface area contributed by atoms with Crippen LogP contribution in [0.15, 0.2) is 0 Å². The van der Waals surface area contributed by atoms with E-state index in [0.717, 1.165) is 27.7 Å². The van der Waals surface area contributed by atoms with Gasteiger partial charge in [-0.25, -0.2) is 0 Å². The second-order valence-corrected chi connectivity index (χ2v) is 22.4. The highest BCUT2D eigenvalue weighted by Gasteiger charge is 2.61. The molecule has 20 N–H and O–H groups in total. The molecule has 0 spiro atoms. The third kappa shape index (κ3) is 18.0. The van der Waals surface area contributed by atoms with Crippen molar-refractivity contribution in [2.45, 2.75) is 223 Å². The van der Waals surface area contributed by atoms with Gasteiger partial charge in [-0.2, -0.15) is 0 Å². The molecule has 0 unspecified atom stereocenters. The third-order valence-corrected chi connectivity index (χ3v) is 15.7. The highest BCUT2D eigenvalue weighted by molar-refractivity contribution is 5.77. The average molecular weight is 1360 g/mol. The first-order chi connectivity index (χ1) is 43.6. The zero-order chi connectivity index (χ0) is 69.9. The lowest BCUT2D eigenvalue weighted by molar-refractivity contribution is -0.416. The van der Waals surface area contributed by atoms with Crippen LogP contribution in [0.1, 0.15) is 47.0 Å². The van der Waals surface area contributed by atoms with Crippen LogP contribution in [-0.4, -0.2) is 352 Å². The van der Waals surface area contributed by atoms with Crippen LogP contribution in [0.25, 0.3) is 0 Å². The Morgan fingerprint density at radius 2 is 0.925 bits per heavy atom. The number of rotatable bonds is 32. The van der Waals surface area contributed by atoms with Crippen molar-refractivity contribution in [3.05, 3.63) is 0 Å². The summed E-state index contributed by atoms with van der Waals surface area (Å²) in [6.07, 6.45) is -55.3. The van der Waals surface area contributed by atoms with Gasteiger partial charge in [-0.05, 0) is 0 Å². The third-order valence-electron chi connectivity index (χ3n) is 15.7. The molecule has 0 aliphatic carbocycles. The van der Waals surface area contributed by atoms with Gasteiger partial charge in [0.1, 0.15) is 116 Å². The van der Waals surface area contributed by atoms with Gasteiger partial charge in [0.2, 0.25) is 41.5 Å². The van der Waals surface area contributed by atoms with Crippen molar-refractivity contribution >= 4 is 48.0 Å². The van der Waals surface area contributed by atoms with Crippen molar-refractivity contribution < 1.29 is 187 Å². The molecule has 0 aromatic rings. The minimum atomic E-state index is -3.72. The van der Waals surface area contributed by atoms with Crippen molar-refractivity contribution in [3.63, 3.8) is 0 Å². The molecule has 42 nitrogen and oxygen atoms in total. The molecule has 42 heteroatoms. The Hall–Kier alpha value is -5.28. The number of carbonyl (C=O) groups excluding carboxylic acids is 8. The minimum Gasteiger partial charge on any atom is -0.544 e. The number of esters is 1. The molecule has 5 aliphatic heterocycles. The van der Waals surface area contributed by atoms with Gasteiger partial charge < -0.3 is 185 Å². The number of aliphatic hydroxyl groups excluding tert-OH is 16. The molecule has 4 amide bonds. The summed E-state index contributed by atoms with van der Waals surface area (Å²) >= 11 is 0. The van der Waals surface area contributed by atoms with E-state index >= 15 is 0 Å². The number of amides is 4. The first kappa shape index (κ1) is 78.4. The fourth-order valence-electron chi connectivity index (χ4n) is 11.2. The van der Waals surface area contributed by atoms with E-state index < -0.39 is 283 Å². The maximum absolute atomic E-state index is 13.4. The number of hydrogen-bond acceptors (Lipinski definition) is 38. The van der Waals surface area contributed by atoms with Crippen LogP contribution < -0.4 is 36.6 Å². The Bertz CT molecular complexity index is 2530. The molecule has 5 fully saturated rings. The monoisotopic (exact) mass is 1360 g/mol. The molecule has 0 bridgehead atoms. The number of ether oxygens (including phenoxy) is 11. The molecule has 5 heterocycles. The number of nitrogens with one attached hydrogen (secondary N) is 4. The number of hydrogen-bond donors (Lipinski definition) is 20. The Labute approximate surface area is 525 Å². The van der Waals surface area contributed by atoms with Crippen molar-refractivity contribution in [2.24, 2.45) is 0 Å². The van der Waals surface area contributed by atoms with Gasteiger partial charge in [0.15, 0.2) is 18.7 Å². The fourth-order valence-corrected chi connectivity index (χ4v) is 11.2. The lowest BCUT2D eigenvalue weighted by atomic mass is 9.86. The number of aliphatic hydroxyl groups is 16. The first-order valence-corrected chi connectivity index (χ1v) is 28.5. The zero-order valence-corrected chi connectivity index (χ0v) is 49.8. The van der Waals surface area contributed by atoms with E-state index in [2.05, 4.69) is 21.3 Å². The van der Waals surface area contributed by atoms with Gasteiger partial charge in [-0.3, -0.25) is 24.0 Å². The SMILES string of the molecule is CC(=O)N[C@H]1[C@H]([C@H](O)[C@@H](CO)OC(C)=O)O[C@@](O[C@H](CO)[C@@H](O)[C@@H]2O[C@@](O[C@H](CO)[C@@H](O)[C@@H]3O[C@@](O[C@H]4[C@@H](O)[C@@H](CO)O[C@@H](O[C@H]5[C@H](O)[C@@H](O)[C@H](OC[C@@H](CO)NC=O)O[C@@H]5CO)[C@@H]4O)(C(=O)[O-])C[C@H](O)[C@H]3NC(C)=O)(C(=O)[O-])C[C@H](O)[C@H]2NC(C)=O)(C(=O)[O-])C[C@@H]1O. The molecule has 29 atom stereocenters. The molecule has 0 saturated carbocycles. The summed E-state index contributed by atoms with van der Waals surface area (Å²) in [5.74, 6) is -22.7. The predicted octanol–water partition coefficient (Wildman–Crippen LogP) is -18.2. The summed E-state index contributed by atoms with van der Waals surface area (Å²) in [5, 5.41) is 225. The number of carboxylic acids is 3. The average Bonchev–Trinajstić information content (AvgIpc) is 0.762. The smallest absolute Gasteiger partial charge is 0.303 e. The molecule has 93 heavy (non-hydrogen) atoms. The first-order valence-electron chi connectivity index (χ1n) is 28.5. The summed E-state index contributed by atoms with van der Waals surface area (Å²) in [5.41, 5.74) is 0. The standard InChI is InChI=1S/C51H82N4O38/c1-16(63)53-29-21(67)5-49(46(77)78,90-40(29)32(70)24(9-57)84-19(4)66)88-26(11-59)34(72)41-30(54-17(2)64)22(68)6-50(91-41,47(79)80)89-27(12-60)35(73)42-31(55-18(3)65)23(69)7-51(92-42,48(81)82)93-43-33(71)25(10-58)85-45(38(43)76)87-39-28(13-61)86-44(37(75)36(39)74)83-14-20(8-56)52-15-62/h15,20-45,56-61,67-76H,5-14H2,1-4H3,(H,52,62)(H,53,63)(H,54,64)(H,55,65)(H,77,78)(H,79,80)(H,81,82)/p-3/t20-,21+,22+,23+,24-,25-,26-,27-,28-,29-,30-,31-,32-,33+,34-,35-,36-,37-,38-,39-,40-,41-,42-,43+,44-,45+,49-,50-,51+/m1/s1. The quantitative estimate of drug-likeness (QED) is 0.0220. The van der Waals surface area contributed by atoms with Gasteiger partial charge in [0.25, 0.3) is 0 Å². The second-order valence-electron chi connectivity index (χ2n) is 22.4. The molecule has 5 rings (SSSR count).